The van der Waals surface area contributed by atoms with E-state index in [2.05, 4.69) is 0 Å². The maximum atomic E-state index is 7.31. The molecule has 0 bridgehead atoms. The molecular weight excluding hydrogens is 150 g/mol. The standard InChI is InChI=1S/C9H19N3/c1-12(9(10)11)8-6-4-2-3-5-7-8/h8H,2-7H2,1H3,(H3,10,11). The largest absolute Gasteiger partial charge is 0.370 e. The Morgan fingerprint density at radius 1 is 1.25 bits per heavy atom. The Kier molecular flexibility index (Phi) is 3.38. The van der Waals surface area contributed by atoms with Crippen molar-refractivity contribution in [3.63, 3.8) is 0 Å². The van der Waals surface area contributed by atoms with Crippen molar-refractivity contribution >= 4 is 5.96 Å². The minimum atomic E-state index is 0.210. The van der Waals surface area contributed by atoms with Crippen LogP contribution < -0.4 is 5.73 Å². The molecule has 0 aliphatic heterocycles. The Morgan fingerprint density at radius 3 is 2.17 bits per heavy atom. The molecule has 0 spiro atoms. The molecule has 70 valence electrons. The van der Waals surface area contributed by atoms with Crippen molar-refractivity contribution in [2.24, 2.45) is 5.73 Å². The van der Waals surface area contributed by atoms with Crippen LogP contribution in [0.2, 0.25) is 0 Å². The van der Waals surface area contributed by atoms with Gasteiger partial charge >= 0.3 is 0 Å². The van der Waals surface area contributed by atoms with Crippen LogP contribution in [0.4, 0.5) is 0 Å². The van der Waals surface area contributed by atoms with E-state index in [0.717, 1.165) is 0 Å². The molecule has 1 aliphatic rings. The fourth-order valence-electron chi connectivity index (χ4n) is 1.84. The van der Waals surface area contributed by atoms with Gasteiger partial charge in [-0.15, -0.1) is 0 Å². The first-order valence-electron chi connectivity index (χ1n) is 4.78. The summed E-state index contributed by atoms with van der Waals surface area (Å²) in [6.07, 6.45) is 7.70. The van der Waals surface area contributed by atoms with E-state index < -0.39 is 0 Å². The van der Waals surface area contributed by atoms with Gasteiger partial charge in [-0.2, -0.15) is 0 Å². The molecule has 1 saturated carbocycles. The first-order valence-corrected chi connectivity index (χ1v) is 4.78. The summed E-state index contributed by atoms with van der Waals surface area (Å²) >= 11 is 0. The number of hydrogen-bond donors (Lipinski definition) is 2. The van der Waals surface area contributed by atoms with E-state index in [0.29, 0.717) is 6.04 Å². The average molecular weight is 169 g/mol. The Balaban J connectivity index is 2.42. The molecule has 0 heterocycles. The third-order valence-corrected chi connectivity index (χ3v) is 2.75. The summed E-state index contributed by atoms with van der Waals surface area (Å²) in [6.45, 7) is 0. The second-order valence-electron chi connectivity index (χ2n) is 3.64. The zero-order valence-electron chi connectivity index (χ0n) is 7.84. The SMILES string of the molecule is CN(C(=N)N)C1CCCCCC1. The van der Waals surface area contributed by atoms with Crippen LogP contribution in [0, 0.1) is 5.41 Å². The van der Waals surface area contributed by atoms with Gasteiger partial charge in [-0.05, 0) is 12.8 Å². The summed E-state index contributed by atoms with van der Waals surface area (Å²) in [6, 6.07) is 0.519. The summed E-state index contributed by atoms with van der Waals surface area (Å²) in [4.78, 5) is 1.91. The number of hydrogen-bond acceptors (Lipinski definition) is 1. The fourth-order valence-corrected chi connectivity index (χ4v) is 1.84. The third kappa shape index (κ3) is 2.40. The van der Waals surface area contributed by atoms with E-state index in [1.807, 2.05) is 11.9 Å². The van der Waals surface area contributed by atoms with Crippen molar-refractivity contribution in [2.45, 2.75) is 44.6 Å². The van der Waals surface area contributed by atoms with Gasteiger partial charge in [-0.3, -0.25) is 5.41 Å². The van der Waals surface area contributed by atoms with Crippen LogP contribution in [0.15, 0.2) is 0 Å². The van der Waals surface area contributed by atoms with Crippen LogP contribution in [0.5, 0.6) is 0 Å². The molecule has 0 radical (unpaired) electrons. The van der Waals surface area contributed by atoms with Gasteiger partial charge < -0.3 is 10.6 Å². The topological polar surface area (TPSA) is 53.1 Å². The fraction of sp³-hybridized carbons (Fsp3) is 0.889. The molecule has 1 fully saturated rings. The number of nitrogens with two attached hydrogens (primary N) is 1. The van der Waals surface area contributed by atoms with Crippen molar-refractivity contribution in [3.8, 4) is 0 Å². The van der Waals surface area contributed by atoms with Gasteiger partial charge in [0.15, 0.2) is 5.96 Å². The van der Waals surface area contributed by atoms with E-state index >= 15 is 0 Å². The number of nitrogens with one attached hydrogen (secondary N) is 1. The average Bonchev–Trinajstić information content (AvgIpc) is 2.30. The van der Waals surface area contributed by atoms with E-state index in [1.54, 1.807) is 0 Å². The van der Waals surface area contributed by atoms with Gasteiger partial charge in [-0.1, -0.05) is 25.7 Å². The van der Waals surface area contributed by atoms with E-state index in [9.17, 15) is 0 Å². The van der Waals surface area contributed by atoms with Crippen LogP contribution in [-0.4, -0.2) is 23.9 Å². The highest BCUT2D eigenvalue weighted by Gasteiger charge is 2.17. The molecule has 0 unspecified atom stereocenters. The second kappa shape index (κ2) is 4.33. The molecule has 0 aromatic heterocycles. The minimum Gasteiger partial charge on any atom is -0.370 e. The summed E-state index contributed by atoms with van der Waals surface area (Å²) in [7, 11) is 1.93. The van der Waals surface area contributed by atoms with Crippen molar-refractivity contribution in [2.75, 3.05) is 7.05 Å². The van der Waals surface area contributed by atoms with E-state index in [4.69, 9.17) is 11.1 Å². The molecule has 3 N–H and O–H groups in total. The molecule has 0 atom stereocenters. The molecule has 3 nitrogen and oxygen atoms in total. The zero-order valence-corrected chi connectivity index (χ0v) is 7.84. The molecule has 1 aliphatic carbocycles. The highest BCUT2D eigenvalue weighted by atomic mass is 15.2. The highest BCUT2D eigenvalue weighted by Crippen LogP contribution is 2.20. The van der Waals surface area contributed by atoms with Gasteiger partial charge in [0, 0.05) is 13.1 Å². The van der Waals surface area contributed by atoms with Gasteiger partial charge in [0.2, 0.25) is 0 Å². The second-order valence-corrected chi connectivity index (χ2v) is 3.64. The van der Waals surface area contributed by atoms with E-state index in [1.165, 1.54) is 38.5 Å². The Labute approximate surface area is 74.4 Å². The Bertz CT molecular complexity index is 148. The lowest BCUT2D eigenvalue weighted by Gasteiger charge is -2.27. The maximum Gasteiger partial charge on any atom is 0.188 e. The van der Waals surface area contributed by atoms with Gasteiger partial charge in [-0.25, -0.2) is 0 Å². The van der Waals surface area contributed by atoms with Crippen LogP contribution >= 0.6 is 0 Å². The molecular formula is C9H19N3. The Morgan fingerprint density at radius 2 is 1.75 bits per heavy atom. The monoisotopic (exact) mass is 169 g/mol. The van der Waals surface area contributed by atoms with Crippen molar-refractivity contribution in [3.05, 3.63) is 0 Å². The van der Waals surface area contributed by atoms with Crippen molar-refractivity contribution in [1.82, 2.24) is 4.90 Å². The van der Waals surface area contributed by atoms with Crippen LogP contribution in [0.1, 0.15) is 38.5 Å². The predicted molar refractivity (Wildman–Crippen MR) is 51.2 cm³/mol. The van der Waals surface area contributed by atoms with Gasteiger partial charge in [0.25, 0.3) is 0 Å². The predicted octanol–water partition coefficient (Wildman–Crippen LogP) is 1.53. The molecule has 0 aromatic carbocycles. The van der Waals surface area contributed by atoms with Crippen molar-refractivity contribution in [1.29, 1.82) is 5.41 Å². The summed E-state index contributed by atoms with van der Waals surface area (Å²) in [5, 5.41) is 7.31. The number of rotatable bonds is 1. The lowest BCUT2D eigenvalue weighted by molar-refractivity contribution is 0.325. The lowest BCUT2D eigenvalue weighted by atomic mass is 10.1. The smallest absolute Gasteiger partial charge is 0.188 e. The summed E-state index contributed by atoms with van der Waals surface area (Å²) in [5.74, 6) is 0.210. The lowest BCUT2D eigenvalue weighted by Crippen LogP contribution is -2.40. The molecule has 0 aromatic rings. The van der Waals surface area contributed by atoms with Gasteiger partial charge in [0.05, 0.1) is 0 Å². The summed E-state index contributed by atoms with van der Waals surface area (Å²) < 4.78 is 0. The van der Waals surface area contributed by atoms with Crippen LogP contribution in [0.3, 0.4) is 0 Å². The molecule has 1 rings (SSSR count). The summed E-state index contributed by atoms with van der Waals surface area (Å²) in [5.41, 5.74) is 5.43. The van der Waals surface area contributed by atoms with Crippen LogP contribution in [-0.2, 0) is 0 Å². The minimum absolute atomic E-state index is 0.210. The first-order chi connectivity index (χ1) is 5.72. The normalized spacial score (nSPS) is 20.1. The third-order valence-electron chi connectivity index (χ3n) is 2.75. The molecule has 12 heavy (non-hydrogen) atoms. The maximum absolute atomic E-state index is 7.31. The van der Waals surface area contributed by atoms with E-state index in [-0.39, 0.29) is 5.96 Å². The molecule has 3 heteroatoms. The van der Waals surface area contributed by atoms with Crippen molar-refractivity contribution < 1.29 is 0 Å². The quantitative estimate of drug-likeness (QED) is 0.355. The number of guanidine groups is 1. The Hall–Kier alpha value is -0.730. The number of nitrogens with zero attached hydrogens (tertiary/aromatic N) is 1. The molecule has 0 saturated heterocycles. The van der Waals surface area contributed by atoms with Crippen LogP contribution in [0.25, 0.3) is 0 Å². The molecule has 0 amide bonds. The first kappa shape index (κ1) is 9.36. The van der Waals surface area contributed by atoms with Gasteiger partial charge in [0.1, 0.15) is 0 Å². The zero-order chi connectivity index (χ0) is 8.97. The highest BCUT2D eigenvalue weighted by molar-refractivity contribution is 5.74.